The lowest BCUT2D eigenvalue weighted by atomic mass is 9.85. The molecule has 2 aromatic rings. The number of benzene rings is 2. The molecule has 0 aliphatic carbocycles. The first-order chi connectivity index (χ1) is 14.5. The van der Waals surface area contributed by atoms with Crippen LogP contribution in [0.5, 0.6) is 0 Å². The van der Waals surface area contributed by atoms with Crippen molar-refractivity contribution in [2.75, 3.05) is 6.54 Å². The number of amides is 1. The highest BCUT2D eigenvalue weighted by molar-refractivity contribution is 14.1. The molecule has 1 amide bonds. The zero-order chi connectivity index (χ0) is 23.0. The Morgan fingerprint density at radius 2 is 1.81 bits per heavy atom. The van der Waals surface area contributed by atoms with E-state index < -0.39 is 17.6 Å². The van der Waals surface area contributed by atoms with Gasteiger partial charge in [-0.05, 0) is 69.7 Å². The zero-order valence-corrected chi connectivity index (χ0v) is 20.0. The number of carboxylic acid groups (broad SMARTS) is 2. The monoisotopic (exact) mass is 535 g/mol. The van der Waals surface area contributed by atoms with E-state index in [1.165, 1.54) is 5.56 Å². The normalized spacial score (nSPS) is 18.8. The van der Waals surface area contributed by atoms with Gasteiger partial charge >= 0.3 is 12.1 Å². The maximum absolute atomic E-state index is 13.1. The van der Waals surface area contributed by atoms with Crippen LogP contribution in [-0.4, -0.2) is 45.0 Å². The van der Waals surface area contributed by atoms with Crippen LogP contribution in [0.25, 0.3) is 11.1 Å². The summed E-state index contributed by atoms with van der Waals surface area (Å²) < 4.78 is 0.973. The van der Waals surface area contributed by atoms with Crippen molar-refractivity contribution in [3.63, 3.8) is 0 Å². The van der Waals surface area contributed by atoms with Gasteiger partial charge in [0, 0.05) is 22.1 Å². The van der Waals surface area contributed by atoms with Crippen molar-refractivity contribution >= 4 is 40.4 Å². The van der Waals surface area contributed by atoms with E-state index in [1.54, 1.807) is 12.1 Å². The SMILES string of the molecule is CC(C)(C)c1cccc(-c2cc(C(=O)C[C@]3(C(=O)O)CCCN3C(=O)O)ccc2I)c1. The van der Waals surface area contributed by atoms with Crippen molar-refractivity contribution in [1.82, 2.24) is 4.90 Å². The molecule has 0 aromatic heterocycles. The van der Waals surface area contributed by atoms with Crippen LogP contribution in [0.15, 0.2) is 42.5 Å². The Morgan fingerprint density at radius 1 is 1.10 bits per heavy atom. The Labute approximate surface area is 195 Å². The summed E-state index contributed by atoms with van der Waals surface area (Å²) in [7, 11) is 0. The van der Waals surface area contributed by atoms with E-state index in [0.717, 1.165) is 19.6 Å². The van der Waals surface area contributed by atoms with E-state index in [9.17, 15) is 24.6 Å². The van der Waals surface area contributed by atoms with Crippen LogP contribution >= 0.6 is 22.6 Å². The molecule has 2 aromatic carbocycles. The average Bonchev–Trinajstić information content (AvgIpc) is 3.13. The summed E-state index contributed by atoms with van der Waals surface area (Å²) in [4.78, 5) is 37.6. The molecule has 1 heterocycles. The summed E-state index contributed by atoms with van der Waals surface area (Å²) in [5.74, 6) is -1.65. The summed E-state index contributed by atoms with van der Waals surface area (Å²) in [6, 6.07) is 13.4. The molecule has 0 unspecified atom stereocenters. The maximum Gasteiger partial charge on any atom is 0.408 e. The minimum absolute atomic E-state index is 0.0223. The summed E-state index contributed by atoms with van der Waals surface area (Å²) in [5.41, 5.74) is 1.69. The maximum atomic E-state index is 13.1. The Kier molecular flexibility index (Phi) is 6.45. The van der Waals surface area contributed by atoms with Gasteiger partial charge in [0.2, 0.25) is 0 Å². The van der Waals surface area contributed by atoms with Crippen molar-refractivity contribution < 1.29 is 24.6 Å². The van der Waals surface area contributed by atoms with Crippen molar-refractivity contribution in [1.29, 1.82) is 0 Å². The molecule has 31 heavy (non-hydrogen) atoms. The molecule has 6 nitrogen and oxygen atoms in total. The van der Waals surface area contributed by atoms with Crippen LogP contribution in [0.4, 0.5) is 4.79 Å². The molecule has 0 spiro atoms. The third kappa shape index (κ3) is 4.61. The lowest BCUT2D eigenvalue weighted by Gasteiger charge is -2.32. The number of likely N-dealkylation sites (tertiary alicyclic amines) is 1. The fraction of sp³-hybridized carbons (Fsp3) is 0.375. The van der Waals surface area contributed by atoms with Gasteiger partial charge in [-0.2, -0.15) is 0 Å². The summed E-state index contributed by atoms with van der Waals surface area (Å²) >= 11 is 2.22. The lowest BCUT2D eigenvalue weighted by Crippen LogP contribution is -2.53. The first-order valence-corrected chi connectivity index (χ1v) is 11.2. The van der Waals surface area contributed by atoms with Crippen molar-refractivity contribution in [3.05, 3.63) is 57.2 Å². The summed E-state index contributed by atoms with van der Waals surface area (Å²) in [5, 5.41) is 19.3. The quantitative estimate of drug-likeness (QED) is 0.394. The predicted octanol–water partition coefficient (Wildman–Crippen LogP) is 5.43. The number of aliphatic carboxylic acids is 1. The zero-order valence-electron chi connectivity index (χ0n) is 17.8. The van der Waals surface area contributed by atoms with Crippen LogP contribution in [-0.2, 0) is 10.2 Å². The van der Waals surface area contributed by atoms with Gasteiger partial charge < -0.3 is 10.2 Å². The van der Waals surface area contributed by atoms with Crippen molar-refractivity contribution in [3.8, 4) is 11.1 Å². The molecule has 0 saturated carbocycles. The van der Waals surface area contributed by atoms with E-state index in [1.807, 2.05) is 18.2 Å². The van der Waals surface area contributed by atoms with E-state index in [4.69, 9.17) is 0 Å². The highest BCUT2D eigenvalue weighted by Gasteiger charge is 2.51. The Balaban J connectivity index is 1.97. The van der Waals surface area contributed by atoms with Gasteiger partial charge in [-0.3, -0.25) is 9.69 Å². The summed E-state index contributed by atoms with van der Waals surface area (Å²) in [6.07, 6.45) is -1.14. The number of hydrogen-bond acceptors (Lipinski definition) is 3. The second kappa shape index (κ2) is 8.61. The molecule has 1 aliphatic rings. The van der Waals surface area contributed by atoms with Gasteiger partial charge in [0.1, 0.15) is 0 Å². The molecule has 1 saturated heterocycles. The molecule has 1 fully saturated rings. The Bertz CT molecular complexity index is 1040. The van der Waals surface area contributed by atoms with E-state index in [0.29, 0.717) is 12.0 Å². The molecule has 0 radical (unpaired) electrons. The lowest BCUT2D eigenvalue weighted by molar-refractivity contribution is -0.148. The number of nitrogens with zero attached hydrogens (tertiary/aromatic N) is 1. The first-order valence-electron chi connectivity index (χ1n) is 10.1. The third-order valence-electron chi connectivity index (χ3n) is 5.90. The number of carbonyl (C=O) groups excluding carboxylic acids is 1. The second-order valence-corrected chi connectivity index (χ2v) is 10.2. The molecular formula is C24H26INO5. The molecule has 1 atom stereocenters. The molecule has 2 N–H and O–H groups in total. The van der Waals surface area contributed by atoms with Gasteiger partial charge in [-0.25, -0.2) is 9.59 Å². The van der Waals surface area contributed by atoms with Crippen LogP contribution in [0.2, 0.25) is 0 Å². The minimum Gasteiger partial charge on any atom is -0.479 e. The number of carboxylic acids is 1. The summed E-state index contributed by atoms with van der Waals surface area (Å²) in [6.45, 7) is 6.53. The number of carbonyl (C=O) groups is 3. The number of hydrogen-bond donors (Lipinski definition) is 2. The molecule has 3 rings (SSSR count). The third-order valence-corrected chi connectivity index (χ3v) is 6.84. The highest BCUT2D eigenvalue weighted by Crippen LogP contribution is 2.36. The van der Waals surface area contributed by atoms with Crippen LogP contribution in [0.1, 0.15) is 56.0 Å². The van der Waals surface area contributed by atoms with Crippen LogP contribution in [0, 0.1) is 3.57 Å². The average molecular weight is 535 g/mol. The number of ketones is 1. The van der Waals surface area contributed by atoms with Crippen LogP contribution < -0.4 is 0 Å². The van der Waals surface area contributed by atoms with Gasteiger partial charge in [-0.15, -0.1) is 0 Å². The Morgan fingerprint density at radius 3 is 2.42 bits per heavy atom. The number of rotatable bonds is 5. The van der Waals surface area contributed by atoms with Crippen molar-refractivity contribution in [2.45, 2.75) is 51.0 Å². The Hall–Kier alpha value is -2.42. The standard InChI is InChI=1S/C24H26INO5/c1-23(2,3)17-7-4-6-15(12-17)18-13-16(8-9-19(18)25)20(27)14-24(21(28)29)10-5-11-26(24)22(30)31/h4,6-9,12-13H,5,10-11,14H2,1-3H3,(H,28,29)(H,30,31)/t24-/m0/s1. The highest BCUT2D eigenvalue weighted by atomic mass is 127. The second-order valence-electron chi connectivity index (χ2n) is 9.00. The molecule has 1 aliphatic heterocycles. The van der Waals surface area contributed by atoms with Gasteiger partial charge in [0.25, 0.3) is 0 Å². The van der Waals surface area contributed by atoms with Gasteiger partial charge in [0.15, 0.2) is 11.3 Å². The number of halogens is 1. The van der Waals surface area contributed by atoms with E-state index in [2.05, 4.69) is 55.5 Å². The fourth-order valence-electron chi connectivity index (χ4n) is 4.08. The largest absolute Gasteiger partial charge is 0.479 e. The molecular weight excluding hydrogens is 509 g/mol. The smallest absolute Gasteiger partial charge is 0.408 e. The molecule has 164 valence electrons. The van der Waals surface area contributed by atoms with Gasteiger partial charge in [-0.1, -0.05) is 51.1 Å². The van der Waals surface area contributed by atoms with E-state index >= 15 is 0 Å². The molecule has 0 bridgehead atoms. The topological polar surface area (TPSA) is 94.9 Å². The van der Waals surface area contributed by atoms with Crippen molar-refractivity contribution in [2.24, 2.45) is 0 Å². The van der Waals surface area contributed by atoms with Crippen LogP contribution in [0.3, 0.4) is 0 Å². The predicted molar refractivity (Wildman–Crippen MR) is 127 cm³/mol. The number of Topliss-reactive ketones (excluding diaryl/α,β-unsaturated/α-hetero) is 1. The fourth-order valence-corrected chi connectivity index (χ4v) is 4.73. The molecule has 7 heteroatoms. The van der Waals surface area contributed by atoms with Gasteiger partial charge in [0.05, 0.1) is 0 Å². The first kappa shape index (κ1) is 23.2. The minimum atomic E-state index is -1.71. The van der Waals surface area contributed by atoms with E-state index in [-0.39, 0.29) is 30.6 Å².